The molecule has 0 aromatic heterocycles. The first kappa shape index (κ1) is 18.7. The fraction of sp³-hybridized carbons (Fsp3) is 0. The molecule has 0 fully saturated rings. The van der Waals surface area contributed by atoms with Crippen LogP contribution >= 0.6 is 10.0 Å². The van der Waals surface area contributed by atoms with Crippen LogP contribution in [-0.4, -0.2) is 0 Å². The molecule has 29 heavy (non-hydrogen) atoms. The highest BCUT2D eigenvalue weighted by Gasteiger charge is 2.24. The molecule has 0 heterocycles. The van der Waals surface area contributed by atoms with E-state index in [0.29, 0.717) is 0 Å². The summed E-state index contributed by atoms with van der Waals surface area (Å²) in [6.45, 7) is 0. The maximum atomic E-state index is 3.61. The standard InChI is InChI=1S/C28H20S/c1-5-13-25(14-6-1)21-23-29(27-17-9-3-10-18-27,28-19-11-4-12-20-28)24-22-26-15-7-2-8-16-26/h1-20H. The van der Waals surface area contributed by atoms with E-state index in [1.807, 2.05) is 72.8 Å². The van der Waals surface area contributed by atoms with Crippen molar-refractivity contribution in [1.29, 1.82) is 0 Å². The van der Waals surface area contributed by atoms with Gasteiger partial charge in [0.2, 0.25) is 0 Å². The number of rotatable bonds is 2. The lowest BCUT2D eigenvalue weighted by molar-refractivity contribution is 1.38. The highest BCUT2D eigenvalue weighted by atomic mass is 32.3. The lowest BCUT2D eigenvalue weighted by Gasteiger charge is -2.29. The van der Waals surface area contributed by atoms with E-state index in [1.54, 1.807) is 0 Å². The van der Waals surface area contributed by atoms with Crippen LogP contribution in [0.5, 0.6) is 0 Å². The lowest BCUT2D eigenvalue weighted by atomic mass is 10.2. The molecule has 1 heteroatoms. The maximum Gasteiger partial charge on any atom is 0.0254 e. The van der Waals surface area contributed by atoms with Crippen molar-refractivity contribution in [2.24, 2.45) is 0 Å². The van der Waals surface area contributed by atoms with Crippen molar-refractivity contribution in [3.8, 4) is 22.3 Å². The van der Waals surface area contributed by atoms with Crippen molar-refractivity contribution in [1.82, 2.24) is 0 Å². The summed E-state index contributed by atoms with van der Waals surface area (Å²) in [5.74, 6) is 6.81. The molecule has 0 amide bonds. The molecule has 138 valence electrons. The van der Waals surface area contributed by atoms with Gasteiger partial charge in [-0.15, -0.1) is 0 Å². The first-order valence-electron chi connectivity index (χ1n) is 9.46. The van der Waals surface area contributed by atoms with Gasteiger partial charge in [0.25, 0.3) is 0 Å². The molecule has 0 unspecified atom stereocenters. The minimum absolute atomic E-state index is 0.998. The topological polar surface area (TPSA) is 0 Å². The number of hydrogen-bond donors (Lipinski definition) is 0. The summed E-state index contributed by atoms with van der Waals surface area (Å²) in [6.07, 6.45) is 0. The molecule has 0 spiro atoms. The monoisotopic (exact) mass is 388 g/mol. The Kier molecular flexibility index (Phi) is 5.82. The Morgan fingerprint density at radius 3 is 1.03 bits per heavy atom. The SMILES string of the molecule is C(#CS(C#Cc1ccccc1)(c1ccccc1)c1ccccc1)c1ccccc1. The second-order valence-electron chi connectivity index (χ2n) is 6.42. The molecule has 0 atom stereocenters. The molecule has 0 N–H and O–H groups in total. The van der Waals surface area contributed by atoms with Crippen molar-refractivity contribution in [3.63, 3.8) is 0 Å². The van der Waals surface area contributed by atoms with Crippen molar-refractivity contribution >= 4 is 10.0 Å². The van der Waals surface area contributed by atoms with E-state index in [0.717, 1.165) is 20.9 Å². The molecule has 4 rings (SSSR count). The van der Waals surface area contributed by atoms with Crippen molar-refractivity contribution in [2.45, 2.75) is 9.79 Å². The van der Waals surface area contributed by atoms with Gasteiger partial charge < -0.3 is 0 Å². The molecular formula is C28H20S. The third-order valence-electron chi connectivity index (χ3n) is 4.44. The minimum Gasteiger partial charge on any atom is -0.0622 e. The summed E-state index contributed by atoms with van der Waals surface area (Å²) < 4.78 is 0. The highest BCUT2D eigenvalue weighted by Crippen LogP contribution is 2.61. The Morgan fingerprint density at radius 1 is 0.379 bits per heavy atom. The van der Waals surface area contributed by atoms with Gasteiger partial charge in [-0.1, -0.05) is 94.7 Å². The number of benzene rings is 4. The third-order valence-corrected chi connectivity index (χ3v) is 7.21. The first-order chi connectivity index (χ1) is 14.4. The molecule has 0 saturated carbocycles. The van der Waals surface area contributed by atoms with Gasteiger partial charge in [-0.05, 0) is 59.0 Å². The second kappa shape index (κ2) is 9.03. The van der Waals surface area contributed by atoms with E-state index in [1.165, 1.54) is 0 Å². The summed E-state index contributed by atoms with van der Waals surface area (Å²) in [5.41, 5.74) is 2.00. The minimum atomic E-state index is -1.87. The fourth-order valence-electron chi connectivity index (χ4n) is 2.96. The van der Waals surface area contributed by atoms with Crippen LogP contribution in [0, 0.1) is 22.3 Å². The smallest absolute Gasteiger partial charge is 0.0254 e. The van der Waals surface area contributed by atoms with Gasteiger partial charge in [-0.3, -0.25) is 0 Å². The average molecular weight is 389 g/mol. The Bertz CT molecular complexity index is 1070. The van der Waals surface area contributed by atoms with E-state index in [4.69, 9.17) is 0 Å². The molecule has 0 saturated heterocycles. The summed E-state index contributed by atoms with van der Waals surface area (Å²) in [7, 11) is -1.87. The summed E-state index contributed by atoms with van der Waals surface area (Å²) in [5, 5.41) is 7.22. The Labute approximate surface area is 174 Å². The normalized spacial score (nSPS) is 10.8. The highest BCUT2D eigenvalue weighted by molar-refractivity contribution is 8.41. The molecule has 0 aliphatic carbocycles. The van der Waals surface area contributed by atoms with Gasteiger partial charge in [-0.2, -0.15) is 0 Å². The second-order valence-corrected chi connectivity index (χ2v) is 9.00. The van der Waals surface area contributed by atoms with Crippen molar-refractivity contribution in [2.75, 3.05) is 0 Å². The zero-order chi connectivity index (χ0) is 19.8. The summed E-state index contributed by atoms with van der Waals surface area (Å²) in [6, 6.07) is 41.1. The maximum absolute atomic E-state index is 3.61. The Balaban J connectivity index is 1.96. The molecular weight excluding hydrogens is 368 g/mol. The van der Waals surface area contributed by atoms with Gasteiger partial charge in [0.1, 0.15) is 0 Å². The zero-order valence-corrected chi connectivity index (χ0v) is 16.8. The van der Waals surface area contributed by atoms with E-state index in [9.17, 15) is 0 Å². The predicted molar refractivity (Wildman–Crippen MR) is 124 cm³/mol. The molecule has 0 nitrogen and oxygen atoms in total. The fourth-order valence-corrected chi connectivity index (χ4v) is 5.43. The van der Waals surface area contributed by atoms with Gasteiger partial charge in [-0.25, -0.2) is 0 Å². The van der Waals surface area contributed by atoms with Crippen LogP contribution in [0.2, 0.25) is 0 Å². The van der Waals surface area contributed by atoms with E-state index >= 15 is 0 Å². The van der Waals surface area contributed by atoms with Crippen LogP contribution in [0.15, 0.2) is 131 Å². The Hall–Kier alpha value is -3.65. The van der Waals surface area contributed by atoms with E-state index in [2.05, 4.69) is 70.9 Å². The van der Waals surface area contributed by atoms with Crippen molar-refractivity contribution in [3.05, 3.63) is 132 Å². The predicted octanol–water partition coefficient (Wildman–Crippen LogP) is 6.93. The van der Waals surface area contributed by atoms with Gasteiger partial charge >= 0.3 is 0 Å². The van der Waals surface area contributed by atoms with Crippen LogP contribution in [0.1, 0.15) is 11.1 Å². The lowest BCUT2D eigenvalue weighted by Crippen LogP contribution is -1.97. The van der Waals surface area contributed by atoms with Crippen LogP contribution in [0.3, 0.4) is 0 Å². The molecule has 0 aliphatic rings. The molecule has 0 aliphatic heterocycles. The molecule has 4 aromatic rings. The number of hydrogen-bond acceptors (Lipinski definition) is 0. The van der Waals surface area contributed by atoms with Gasteiger partial charge in [0.05, 0.1) is 0 Å². The van der Waals surface area contributed by atoms with Crippen molar-refractivity contribution < 1.29 is 0 Å². The summed E-state index contributed by atoms with van der Waals surface area (Å²) in [4.78, 5) is 2.30. The Morgan fingerprint density at radius 2 is 0.690 bits per heavy atom. The molecule has 0 bridgehead atoms. The average Bonchev–Trinajstić information content (AvgIpc) is 2.82. The van der Waals surface area contributed by atoms with Gasteiger partial charge in [0, 0.05) is 20.9 Å². The van der Waals surface area contributed by atoms with E-state index in [-0.39, 0.29) is 0 Å². The quantitative estimate of drug-likeness (QED) is 0.327. The largest absolute Gasteiger partial charge is 0.0622 e. The zero-order valence-electron chi connectivity index (χ0n) is 16.0. The van der Waals surface area contributed by atoms with E-state index < -0.39 is 10.0 Å². The summed E-state index contributed by atoms with van der Waals surface area (Å²) >= 11 is 0. The third kappa shape index (κ3) is 4.44. The molecule has 0 radical (unpaired) electrons. The van der Waals surface area contributed by atoms with Gasteiger partial charge in [0.15, 0.2) is 0 Å². The first-order valence-corrected chi connectivity index (χ1v) is 11.1. The van der Waals surface area contributed by atoms with Crippen LogP contribution in [0.4, 0.5) is 0 Å². The van der Waals surface area contributed by atoms with Crippen LogP contribution in [-0.2, 0) is 0 Å². The molecule has 4 aromatic carbocycles. The van der Waals surface area contributed by atoms with Crippen LogP contribution in [0.25, 0.3) is 0 Å². The van der Waals surface area contributed by atoms with Crippen LogP contribution < -0.4 is 0 Å².